The van der Waals surface area contributed by atoms with Gasteiger partial charge in [0.05, 0.1) is 16.4 Å². The first-order valence-electron chi connectivity index (χ1n) is 9.79. The molecule has 1 fully saturated rings. The Balaban J connectivity index is 1.90. The summed E-state index contributed by atoms with van der Waals surface area (Å²) < 4.78 is 0. The molecular weight excluding hydrogens is 443 g/mol. The number of nitrogens with one attached hydrogen (secondary N) is 2. The first-order valence-corrected chi connectivity index (χ1v) is 10.9. The third kappa shape index (κ3) is 5.82. The summed E-state index contributed by atoms with van der Waals surface area (Å²) in [6, 6.07) is 12.2. The minimum absolute atomic E-state index is 0.0700. The molecule has 8 heteroatoms. The Kier molecular flexibility index (Phi) is 7.89. The molecule has 5 nitrogen and oxygen atoms in total. The second-order valence-electron chi connectivity index (χ2n) is 7.22. The fourth-order valence-corrected chi connectivity index (χ4v) is 3.85. The predicted octanol–water partition coefficient (Wildman–Crippen LogP) is 5.94. The van der Waals surface area contributed by atoms with E-state index in [4.69, 9.17) is 45.2 Å². The van der Waals surface area contributed by atoms with E-state index in [-0.39, 0.29) is 5.71 Å². The number of nitrogens with zero attached hydrogens (tertiary/aromatic N) is 2. The van der Waals surface area contributed by atoms with Gasteiger partial charge in [0.25, 0.3) is 5.91 Å². The third-order valence-electron chi connectivity index (χ3n) is 4.99. The molecule has 0 aliphatic carbocycles. The molecule has 3 rings (SSSR count). The van der Waals surface area contributed by atoms with Gasteiger partial charge in [-0.2, -0.15) is 0 Å². The highest BCUT2D eigenvalue weighted by Crippen LogP contribution is 2.30. The van der Waals surface area contributed by atoms with Crippen LogP contribution in [0.4, 0.5) is 5.69 Å². The molecule has 1 aliphatic rings. The van der Waals surface area contributed by atoms with Crippen LogP contribution in [0.3, 0.4) is 0 Å². The molecule has 1 aliphatic heterocycles. The monoisotopic (exact) mass is 464 g/mol. The maximum Gasteiger partial charge on any atom is 0.279 e. The molecule has 0 radical (unpaired) electrons. The van der Waals surface area contributed by atoms with Crippen LogP contribution in [0.15, 0.2) is 47.5 Å². The van der Waals surface area contributed by atoms with Gasteiger partial charge < -0.3 is 0 Å². The van der Waals surface area contributed by atoms with Gasteiger partial charge in [-0.05, 0) is 48.7 Å². The summed E-state index contributed by atoms with van der Waals surface area (Å²) >= 11 is 18.3. The van der Waals surface area contributed by atoms with Crippen molar-refractivity contribution in [2.45, 2.75) is 26.2 Å². The first kappa shape index (κ1) is 22.8. The zero-order chi connectivity index (χ0) is 21.7. The Morgan fingerprint density at radius 1 is 1.03 bits per heavy atom. The quantitative estimate of drug-likeness (QED) is 0.518. The minimum Gasteiger partial charge on any atom is -0.299 e. The Hall–Kier alpha value is -1.92. The van der Waals surface area contributed by atoms with Crippen molar-refractivity contribution in [1.29, 1.82) is 5.41 Å². The van der Waals surface area contributed by atoms with E-state index in [9.17, 15) is 4.79 Å². The third-order valence-corrected chi connectivity index (χ3v) is 5.78. The average Bonchev–Trinajstić information content (AvgIpc) is 2.74. The highest BCUT2D eigenvalue weighted by Gasteiger charge is 2.25. The molecule has 2 aromatic carbocycles. The van der Waals surface area contributed by atoms with Crippen LogP contribution in [0, 0.1) is 11.3 Å². The molecule has 0 bridgehead atoms. The summed E-state index contributed by atoms with van der Waals surface area (Å²) in [5.41, 5.74) is 4.60. The number of piperidine rings is 1. The number of amides is 1. The Morgan fingerprint density at radius 3 is 2.30 bits per heavy atom. The van der Waals surface area contributed by atoms with E-state index in [2.05, 4.69) is 5.43 Å². The highest BCUT2D eigenvalue weighted by atomic mass is 35.5. The van der Waals surface area contributed by atoms with Crippen molar-refractivity contribution < 1.29 is 4.79 Å². The van der Waals surface area contributed by atoms with E-state index in [0.717, 1.165) is 37.9 Å². The molecule has 158 valence electrons. The number of benzene rings is 2. The zero-order valence-electron chi connectivity index (χ0n) is 16.6. The second-order valence-corrected chi connectivity index (χ2v) is 8.50. The van der Waals surface area contributed by atoms with Gasteiger partial charge >= 0.3 is 0 Å². The van der Waals surface area contributed by atoms with Gasteiger partial charge in [-0.25, -0.2) is 5.01 Å². The minimum atomic E-state index is -0.567. The Bertz CT molecular complexity index is 953. The highest BCUT2D eigenvalue weighted by molar-refractivity contribution is 6.43. The van der Waals surface area contributed by atoms with Crippen LogP contribution >= 0.6 is 34.8 Å². The van der Waals surface area contributed by atoms with E-state index in [1.54, 1.807) is 37.3 Å². The second kappa shape index (κ2) is 10.4. The lowest BCUT2D eigenvalue weighted by atomic mass is 9.93. The molecule has 1 atom stereocenters. The molecular formula is C22H23Cl3N4O. The van der Waals surface area contributed by atoms with Gasteiger partial charge in [-0.3, -0.25) is 20.6 Å². The van der Waals surface area contributed by atoms with Crippen LogP contribution in [0.5, 0.6) is 0 Å². The molecule has 1 amide bonds. The number of rotatable bonds is 6. The Morgan fingerprint density at radius 2 is 1.67 bits per heavy atom. The van der Waals surface area contributed by atoms with Gasteiger partial charge in [0.2, 0.25) is 0 Å². The molecule has 30 heavy (non-hydrogen) atoms. The Labute approximate surface area is 191 Å². The summed E-state index contributed by atoms with van der Waals surface area (Å²) in [4.78, 5) is 17.4. The van der Waals surface area contributed by atoms with Crippen LogP contribution in [0.1, 0.15) is 31.7 Å². The topological polar surface area (TPSA) is 68.6 Å². The summed E-state index contributed by atoms with van der Waals surface area (Å²) in [6.07, 6.45) is 3.24. The van der Waals surface area contributed by atoms with Gasteiger partial charge in [-0.15, -0.1) is 0 Å². The maximum absolute atomic E-state index is 12.7. The van der Waals surface area contributed by atoms with E-state index < -0.39 is 11.8 Å². The van der Waals surface area contributed by atoms with Crippen LogP contribution in [-0.4, -0.2) is 35.4 Å². The van der Waals surface area contributed by atoms with Crippen molar-refractivity contribution in [1.82, 2.24) is 10.4 Å². The van der Waals surface area contributed by atoms with Gasteiger partial charge in [-0.1, -0.05) is 60.3 Å². The first-order chi connectivity index (χ1) is 14.3. The molecule has 0 aromatic heterocycles. The maximum atomic E-state index is 12.7. The summed E-state index contributed by atoms with van der Waals surface area (Å²) in [5.74, 6) is -0.990. The largest absolute Gasteiger partial charge is 0.299 e. The fraction of sp³-hybridized carbons (Fsp3) is 0.318. The smallest absolute Gasteiger partial charge is 0.279 e. The van der Waals surface area contributed by atoms with Crippen molar-refractivity contribution >= 4 is 57.8 Å². The van der Waals surface area contributed by atoms with Crippen molar-refractivity contribution in [2.75, 3.05) is 13.1 Å². The van der Waals surface area contributed by atoms with E-state index in [0.29, 0.717) is 26.5 Å². The summed E-state index contributed by atoms with van der Waals surface area (Å²) in [7, 11) is 0. The van der Waals surface area contributed by atoms with Gasteiger partial charge in [0.1, 0.15) is 5.71 Å². The van der Waals surface area contributed by atoms with E-state index in [1.165, 1.54) is 0 Å². The van der Waals surface area contributed by atoms with Gasteiger partial charge in [0, 0.05) is 29.1 Å². The molecule has 2 N–H and O–H groups in total. The van der Waals surface area contributed by atoms with E-state index >= 15 is 0 Å². The van der Waals surface area contributed by atoms with Crippen LogP contribution in [0.2, 0.25) is 15.1 Å². The van der Waals surface area contributed by atoms with Gasteiger partial charge in [0.15, 0.2) is 0 Å². The van der Waals surface area contributed by atoms with Crippen molar-refractivity contribution in [3.05, 3.63) is 63.1 Å². The molecule has 2 aromatic rings. The summed E-state index contributed by atoms with van der Waals surface area (Å²) in [5, 5.41) is 11.9. The number of hydrazine groups is 1. The molecule has 0 saturated carbocycles. The fourth-order valence-electron chi connectivity index (χ4n) is 3.28. The average molecular weight is 466 g/mol. The zero-order valence-corrected chi connectivity index (χ0v) is 18.9. The lowest BCUT2D eigenvalue weighted by Crippen LogP contribution is -2.49. The predicted molar refractivity (Wildman–Crippen MR) is 125 cm³/mol. The molecule has 0 spiro atoms. The van der Waals surface area contributed by atoms with E-state index in [1.807, 2.05) is 17.1 Å². The standard InChI is InChI=1S/C22H23Cl3N4O/c1-14(20(26)22(30)28-29-11-3-2-4-12-29)21(15-5-7-16(23)8-6-15)27-19-10-9-17(24)13-18(19)25/h5-10,13-14,26H,2-4,11-12H2,1H3,(H,28,30). The summed E-state index contributed by atoms with van der Waals surface area (Å²) in [6.45, 7) is 3.38. The SMILES string of the molecule is CC(C(=N)C(=O)NN1CCCCC1)C(=Nc1ccc(Cl)cc1Cl)c1ccc(Cl)cc1. The van der Waals surface area contributed by atoms with Crippen molar-refractivity contribution in [3.63, 3.8) is 0 Å². The molecule has 1 saturated heterocycles. The number of carbonyl (C=O) groups is 1. The lowest BCUT2D eigenvalue weighted by Gasteiger charge is -2.27. The lowest BCUT2D eigenvalue weighted by molar-refractivity contribution is -0.120. The molecule has 1 unspecified atom stereocenters. The molecule has 1 heterocycles. The van der Waals surface area contributed by atoms with Crippen LogP contribution in [-0.2, 0) is 4.79 Å². The van der Waals surface area contributed by atoms with Crippen molar-refractivity contribution in [2.24, 2.45) is 10.9 Å². The van der Waals surface area contributed by atoms with Crippen LogP contribution < -0.4 is 5.43 Å². The van der Waals surface area contributed by atoms with Crippen molar-refractivity contribution in [3.8, 4) is 0 Å². The number of hydrogen-bond donors (Lipinski definition) is 2. The van der Waals surface area contributed by atoms with Crippen LogP contribution in [0.25, 0.3) is 0 Å². The normalized spacial score (nSPS) is 16.2. The number of halogens is 3. The number of hydrogen-bond acceptors (Lipinski definition) is 4. The number of carbonyl (C=O) groups excluding carboxylic acids is 1. The number of aliphatic imine (C=N–C) groups is 1.